The van der Waals surface area contributed by atoms with Crippen LogP contribution in [0.25, 0.3) is 0 Å². The molecule has 0 spiro atoms. The Kier molecular flexibility index (Phi) is 1.35. The average Bonchev–Trinajstić information content (AvgIpc) is 1.82. The van der Waals surface area contributed by atoms with Gasteiger partial charge in [-0.15, -0.1) is 0 Å². The second-order valence-electron chi connectivity index (χ2n) is 3.04. The largest absolute Gasteiger partial charge is 0.345 e. The Morgan fingerprint density at radius 3 is 2.20 bits per heavy atom. The molecule has 0 aromatic heterocycles. The van der Waals surface area contributed by atoms with E-state index < -0.39 is 0 Å². The van der Waals surface area contributed by atoms with Crippen molar-refractivity contribution in [3.05, 3.63) is 0 Å². The second-order valence-corrected chi connectivity index (χ2v) is 6.96. The summed E-state index contributed by atoms with van der Waals surface area (Å²) < 4.78 is 11.2. The fourth-order valence-electron chi connectivity index (χ4n) is 1.86. The highest BCUT2D eigenvalue weighted by Crippen LogP contribution is 2.59. The average molecular weight is 176 g/mol. The summed E-state index contributed by atoms with van der Waals surface area (Å²) >= 11 is 0. The first-order valence-electron chi connectivity index (χ1n) is 3.73. The molecule has 0 aliphatic carbocycles. The summed E-state index contributed by atoms with van der Waals surface area (Å²) in [6.45, 7) is 0. The van der Waals surface area contributed by atoms with E-state index in [1.807, 2.05) is 0 Å². The van der Waals surface area contributed by atoms with Crippen LogP contribution < -0.4 is 0 Å². The Morgan fingerprint density at radius 1 is 1.00 bits per heavy atom. The van der Waals surface area contributed by atoms with Crippen molar-refractivity contribution in [3.8, 4) is 0 Å². The number of rotatable bonds is 0. The van der Waals surface area contributed by atoms with Gasteiger partial charge < -0.3 is 9.47 Å². The molecular weight excluding hydrogens is 166 g/mol. The maximum atomic E-state index is 5.62. The van der Waals surface area contributed by atoms with Gasteiger partial charge in [0, 0.05) is 18.2 Å². The highest BCUT2D eigenvalue weighted by molar-refractivity contribution is 7.59. The summed E-state index contributed by atoms with van der Waals surface area (Å²) in [6, 6.07) is 0. The van der Waals surface area contributed by atoms with E-state index in [1.165, 1.54) is 12.8 Å². The van der Waals surface area contributed by atoms with Crippen molar-refractivity contribution in [2.45, 2.75) is 36.2 Å². The van der Waals surface area contributed by atoms with Crippen molar-refractivity contribution in [2.75, 3.05) is 0 Å². The van der Waals surface area contributed by atoms with Gasteiger partial charge in [0.2, 0.25) is 0 Å². The molecule has 2 nitrogen and oxygen atoms in total. The van der Waals surface area contributed by atoms with Crippen LogP contribution in [-0.2, 0) is 9.47 Å². The van der Waals surface area contributed by atoms with Crippen LogP contribution in [0.2, 0.25) is 0 Å². The fourth-order valence-corrected chi connectivity index (χ4v) is 6.31. The minimum absolute atomic E-state index is 0.191. The molecule has 4 heteroatoms. The SMILES string of the molecule is C1C2OC3CC(P2)PC1O3. The Labute approximate surface area is 63.6 Å². The monoisotopic (exact) mass is 176 g/mol. The molecule has 0 aromatic carbocycles. The van der Waals surface area contributed by atoms with Crippen LogP contribution in [0.5, 0.6) is 0 Å². The molecule has 0 N–H and O–H groups in total. The molecule has 0 amide bonds. The lowest BCUT2D eigenvalue weighted by molar-refractivity contribution is -0.213. The summed E-state index contributed by atoms with van der Waals surface area (Å²) in [5.41, 5.74) is 0. The highest BCUT2D eigenvalue weighted by atomic mass is 31.1. The van der Waals surface area contributed by atoms with E-state index in [4.69, 9.17) is 9.47 Å². The summed E-state index contributed by atoms with van der Waals surface area (Å²) in [7, 11) is 2.16. The van der Waals surface area contributed by atoms with Crippen LogP contribution in [0.4, 0.5) is 0 Å². The first-order chi connectivity index (χ1) is 4.90. The molecule has 4 atom stereocenters. The lowest BCUT2D eigenvalue weighted by atomic mass is 10.3. The van der Waals surface area contributed by atoms with Gasteiger partial charge in [-0.1, -0.05) is 17.2 Å². The summed E-state index contributed by atoms with van der Waals surface area (Å²) in [4.78, 5) is 0. The van der Waals surface area contributed by atoms with Crippen molar-refractivity contribution >= 4 is 17.2 Å². The Hall–Kier alpha value is 0.780. The third-order valence-corrected chi connectivity index (χ3v) is 6.03. The third kappa shape index (κ3) is 0.865. The van der Waals surface area contributed by atoms with E-state index in [9.17, 15) is 0 Å². The third-order valence-electron chi connectivity index (χ3n) is 2.26. The lowest BCUT2D eigenvalue weighted by Gasteiger charge is -2.49. The number of hydrogen-bond donors (Lipinski definition) is 0. The van der Waals surface area contributed by atoms with Gasteiger partial charge in [0.05, 0.1) is 11.7 Å². The molecule has 0 radical (unpaired) electrons. The van der Waals surface area contributed by atoms with Crippen LogP contribution in [0, 0.1) is 0 Å². The molecule has 56 valence electrons. The van der Waals surface area contributed by atoms with Crippen molar-refractivity contribution in [1.82, 2.24) is 0 Å². The lowest BCUT2D eigenvalue weighted by Crippen LogP contribution is -2.44. The van der Waals surface area contributed by atoms with E-state index >= 15 is 0 Å². The number of ether oxygens (including phenoxy) is 2. The quantitative estimate of drug-likeness (QED) is 0.520. The standard InChI is InChI=1S/C6H10O2P2/c1-3-7-4-2-5(8-3)10-6(1)9-4/h3-6,9-10H,1-2H2. The Bertz CT molecular complexity index is 105. The van der Waals surface area contributed by atoms with E-state index in [-0.39, 0.29) is 6.29 Å². The number of hydrogen-bond acceptors (Lipinski definition) is 2. The van der Waals surface area contributed by atoms with Gasteiger partial charge >= 0.3 is 0 Å². The first kappa shape index (κ1) is 6.31. The van der Waals surface area contributed by atoms with Gasteiger partial charge in [-0.05, 0) is 0 Å². The zero-order valence-corrected chi connectivity index (χ0v) is 7.54. The molecule has 4 bridgehead atoms. The van der Waals surface area contributed by atoms with Gasteiger partial charge in [0.15, 0.2) is 6.29 Å². The molecule has 0 aromatic rings. The molecule has 4 heterocycles. The van der Waals surface area contributed by atoms with Crippen LogP contribution in [0.15, 0.2) is 0 Å². The molecule has 4 unspecified atom stereocenters. The Morgan fingerprint density at radius 2 is 1.70 bits per heavy atom. The van der Waals surface area contributed by atoms with Gasteiger partial charge in [0.1, 0.15) is 0 Å². The van der Waals surface area contributed by atoms with Crippen molar-refractivity contribution < 1.29 is 9.47 Å². The van der Waals surface area contributed by atoms with Gasteiger partial charge in [0.25, 0.3) is 0 Å². The molecule has 0 saturated carbocycles. The van der Waals surface area contributed by atoms with Crippen LogP contribution in [-0.4, -0.2) is 23.4 Å². The van der Waals surface area contributed by atoms with E-state index in [1.54, 1.807) is 0 Å². The maximum Gasteiger partial charge on any atom is 0.160 e. The van der Waals surface area contributed by atoms with Gasteiger partial charge in [-0.3, -0.25) is 0 Å². The maximum absolute atomic E-state index is 5.62. The van der Waals surface area contributed by atoms with Crippen molar-refractivity contribution in [2.24, 2.45) is 0 Å². The second kappa shape index (κ2) is 2.14. The van der Waals surface area contributed by atoms with Gasteiger partial charge in [-0.25, -0.2) is 0 Å². The zero-order valence-electron chi connectivity index (χ0n) is 5.54. The molecule has 4 saturated heterocycles. The van der Waals surface area contributed by atoms with Crippen molar-refractivity contribution in [1.29, 1.82) is 0 Å². The summed E-state index contributed by atoms with van der Waals surface area (Å²) in [6.07, 6.45) is 2.56. The first-order valence-corrected chi connectivity index (χ1v) is 6.04. The molecule has 4 fully saturated rings. The molecule has 4 rings (SSSR count). The van der Waals surface area contributed by atoms with Crippen LogP contribution in [0.3, 0.4) is 0 Å². The predicted octanol–water partition coefficient (Wildman–Crippen LogP) is 1.50. The Balaban J connectivity index is 1.90. The highest BCUT2D eigenvalue weighted by Gasteiger charge is 2.43. The molecule has 10 heavy (non-hydrogen) atoms. The molecule has 4 aliphatic rings. The minimum atomic E-state index is 0.191. The summed E-state index contributed by atoms with van der Waals surface area (Å²) in [5.74, 6) is 1.17. The molecule has 4 aliphatic heterocycles. The zero-order chi connectivity index (χ0) is 6.55. The normalized spacial score (nSPS) is 62.4. The van der Waals surface area contributed by atoms with Crippen LogP contribution in [0.1, 0.15) is 12.8 Å². The topological polar surface area (TPSA) is 18.5 Å². The van der Waals surface area contributed by atoms with E-state index in [0.717, 1.165) is 22.6 Å². The van der Waals surface area contributed by atoms with E-state index in [2.05, 4.69) is 0 Å². The minimum Gasteiger partial charge on any atom is -0.345 e. The molecular formula is C6H10O2P2. The van der Waals surface area contributed by atoms with Crippen LogP contribution >= 0.6 is 17.2 Å². The van der Waals surface area contributed by atoms with E-state index in [0.29, 0.717) is 11.7 Å². The fraction of sp³-hybridized carbons (Fsp3) is 1.00. The smallest absolute Gasteiger partial charge is 0.160 e. The summed E-state index contributed by atoms with van der Waals surface area (Å²) in [5, 5.41) is 0.983. The predicted molar refractivity (Wildman–Crippen MR) is 43.2 cm³/mol. The van der Waals surface area contributed by atoms with Gasteiger partial charge in [-0.2, -0.15) is 0 Å². The van der Waals surface area contributed by atoms with Crippen molar-refractivity contribution in [3.63, 3.8) is 0 Å².